The van der Waals surface area contributed by atoms with Crippen LogP contribution < -0.4 is 0 Å². The summed E-state index contributed by atoms with van der Waals surface area (Å²) in [6.45, 7) is 0. The van der Waals surface area contributed by atoms with Gasteiger partial charge in [-0.25, -0.2) is 9.97 Å². The van der Waals surface area contributed by atoms with Crippen molar-refractivity contribution in [1.82, 2.24) is 14.5 Å². The van der Waals surface area contributed by atoms with E-state index < -0.39 is 0 Å². The predicted molar refractivity (Wildman–Crippen MR) is 256 cm³/mol. The van der Waals surface area contributed by atoms with E-state index in [9.17, 15) is 0 Å². The lowest BCUT2D eigenvalue weighted by Crippen LogP contribution is -2.03. The van der Waals surface area contributed by atoms with Crippen LogP contribution in [0, 0.1) is 0 Å². The second-order valence-electron chi connectivity index (χ2n) is 15.7. The molecule has 0 atom stereocenters. The monoisotopic (exact) mass is 795 g/mol. The van der Waals surface area contributed by atoms with Gasteiger partial charge in [0.25, 0.3) is 0 Å². The number of hydrogen-bond acceptors (Lipinski definition) is 4. The Labute approximate surface area is 354 Å². The van der Waals surface area contributed by atoms with Gasteiger partial charge in [-0.3, -0.25) is 4.57 Å². The molecule has 0 fully saturated rings. The Morgan fingerprint density at radius 2 is 1.11 bits per heavy atom. The fourth-order valence-electron chi connectivity index (χ4n) is 9.43. The van der Waals surface area contributed by atoms with Gasteiger partial charge < -0.3 is 4.42 Å². The molecule has 0 saturated heterocycles. The molecule has 0 radical (unpaired) electrons. The van der Waals surface area contributed by atoms with E-state index in [0.29, 0.717) is 5.82 Å². The van der Waals surface area contributed by atoms with Gasteiger partial charge in [0.2, 0.25) is 0 Å². The predicted octanol–water partition coefficient (Wildman–Crippen LogP) is 15.7. The summed E-state index contributed by atoms with van der Waals surface area (Å²) in [6.07, 6.45) is 0. The molecule has 0 amide bonds. The molecule has 9 aromatic carbocycles. The van der Waals surface area contributed by atoms with E-state index >= 15 is 0 Å². The molecule has 0 N–H and O–H groups in total. The van der Waals surface area contributed by atoms with Gasteiger partial charge in [-0.05, 0) is 63.9 Å². The molecular weight excluding hydrogens is 763 g/mol. The minimum absolute atomic E-state index is 0.657. The maximum atomic E-state index is 6.39. The number of rotatable bonds is 5. The Bertz CT molecular complexity index is 3890. The fourth-order valence-corrected chi connectivity index (χ4v) is 10.7. The number of aromatic nitrogens is 3. The van der Waals surface area contributed by atoms with Gasteiger partial charge in [0.05, 0.1) is 16.7 Å². The van der Waals surface area contributed by atoms with Crippen LogP contribution in [-0.4, -0.2) is 14.5 Å². The van der Waals surface area contributed by atoms with Crippen molar-refractivity contribution in [3.05, 3.63) is 200 Å². The SMILES string of the molecule is c1ccc(-c2nc(-c3ccc4c(c3)oc3ccccc34)cc(-n3c4ccc5ccccc5c4c4cccc(-c5cccc(-c6cccc7c6sc6ccccc67)c5)c43)n2)cc1. The zero-order valence-electron chi connectivity index (χ0n) is 32.7. The van der Waals surface area contributed by atoms with E-state index in [-0.39, 0.29) is 0 Å². The zero-order chi connectivity index (χ0) is 40.0. The Morgan fingerprint density at radius 1 is 0.426 bits per heavy atom. The second kappa shape index (κ2) is 13.3. The van der Waals surface area contributed by atoms with E-state index in [1.165, 1.54) is 52.8 Å². The topological polar surface area (TPSA) is 43.9 Å². The van der Waals surface area contributed by atoms with Gasteiger partial charge in [-0.2, -0.15) is 0 Å². The molecule has 13 rings (SSSR count). The number of thiophene rings is 1. The van der Waals surface area contributed by atoms with Crippen molar-refractivity contribution in [2.75, 3.05) is 0 Å². The fraction of sp³-hybridized carbons (Fsp3) is 0. The summed E-state index contributed by atoms with van der Waals surface area (Å²) < 4.78 is 11.4. The van der Waals surface area contributed by atoms with Crippen LogP contribution in [0.4, 0.5) is 0 Å². The Morgan fingerprint density at radius 3 is 2.02 bits per heavy atom. The summed E-state index contributed by atoms with van der Waals surface area (Å²) in [5.74, 6) is 1.45. The molecule has 4 heterocycles. The quantitative estimate of drug-likeness (QED) is 0.174. The second-order valence-corrected chi connectivity index (χ2v) is 16.7. The molecule has 0 aliphatic carbocycles. The van der Waals surface area contributed by atoms with E-state index in [1.54, 1.807) is 0 Å². The van der Waals surface area contributed by atoms with E-state index in [0.717, 1.165) is 66.7 Å². The number of hydrogen-bond donors (Lipinski definition) is 0. The summed E-state index contributed by atoms with van der Waals surface area (Å²) in [5.41, 5.74) is 11.3. The molecule has 0 saturated carbocycles. The molecule has 5 heteroatoms. The van der Waals surface area contributed by atoms with Crippen LogP contribution in [0.5, 0.6) is 0 Å². The highest BCUT2D eigenvalue weighted by Gasteiger charge is 2.22. The number of para-hydroxylation sites is 2. The molecule has 61 heavy (non-hydrogen) atoms. The van der Waals surface area contributed by atoms with Gasteiger partial charge in [-0.15, -0.1) is 11.3 Å². The highest BCUT2D eigenvalue weighted by Crippen LogP contribution is 2.44. The molecule has 13 aromatic rings. The van der Waals surface area contributed by atoms with Crippen LogP contribution in [0.25, 0.3) is 125 Å². The highest BCUT2D eigenvalue weighted by molar-refractivity contribution is 7.26. The summed E-state index contributed by atoms with van der Waals surface area (Å²) >= 11 is 1.87. The number of nitrogens with zero attached hydrogens (tertiary/aromatic N) is 3. The van der Waals surface area contributed by atoms with E-state index in [2.05, 4.69) is 174 Å². The number of fused-ring (bicyclic) bond motifs is 11. The molecule has 0 aliphatic heterocycles. The van der Waals surface area contributed by atoms with Crippen molar-refractivity contribution in [3.63, 3.8) is 0 Å². The minimum atomic E-state index is 0.657. The first-order chi connectivity index (χ1) is 30.2. The van der Waals surface area contributed by atoms with E-state index in [1.807, 2.05) is 41.7 Å². The molecule has 4 aromatic heterocycles. The van der Waals surface area contributed by atoms with Crippen LogP contribution in [-0.2, 0) is 0 Å². The summed E-state index contributed by atoms with van der Waals surface area (Å²) in [7, 11) is 0. The highest BCUT2D eigenvalue weighted by atomic mass is 32.1. The molecule has 0 bridgehead atoms. The van der Waals surface area contributed by atoms with Gasteiger partial charge in [-0.1, -0.05) is 158 Å². The van der Waals surface area contributed by atoms with Gasteiger partial charge >= 0.3 is 0 Å². The largest absolute Gasteiger partial charge is 0.456 e. The van der Waals surface area contributed by atoms with Crippen molar-refractivity contribution in [3.8, 4) is 50.7 Å². The van der Waals surface area contributed by atoms with Crippen molar-refractivity contribution >= 4 is 86.0 Å². The van der Waals surface area contributed by atoms with Crippen LogP contribution in [0.2, 0.25) is 0 Å². The summed E-state index contributed by atoms with van der Waals surface area (Å²) in [6, 6.07) is 71.4. The van der Waals surface area contributed by atoms with Crippen molar-refractivity contribution in [1.29, 1.82) is 0 Å². The normalized spacial score (nSPS) is 11.9. The van der Waals surface area contributed by atoms with E-state index in [4.69, 9.17) is 14.4 Å². The third-order valence-corrected chi connectivity index (χ3v) is 13.4. The maximum Gasteiger partial charge on any atom is 0.162 e. The lowest BCUT2D eigenvalue weighted by molar-refractivity contribution is 0.669. The molecule has 0 aliphatic rings. The lowest BCUT2D eigenvalue weighted by atomic mass is 9.96. The number of benzene rings is 9. The first kappa shape index (κ1) is 34.0. The van der Waals surface area contributed by atoms with Crippen LogP contribution in [0.3, 0.4) is 0 Å². The number of furan rings is 1. The lowest BCUT2D eigenvalue weighted by Gasteiger charge is -2.14. The smallest absolute Gasteiger partial charge is 0.162 e. The Hall–Kier alpha value is -7.86. The van der Waals surface area contributed by atoms with Crippen molar-refractivity contribution in [2.45, 2.75) is 0 Å². The van der Waals surface area contributed by atoms with Crippen LogP contribution >= 0.6 is 11.3 Å². The average Bonchev–Trinajstić information content (AvgIpc) is 4.01. The van der Waals surface area contributed by atoms with Crippen molar-refractivity contribution < 1.29 is 4.42 Å². The molecule has 0 spiro atoms. The van der Waals surface area contributed by atoms with Gasteiger partial charge in [0.15, 0.2) is 5.82 Å². The van der Waals surface area contributed by atoms with Crippen LogP contribution in [0.1, 0.15) is 0 Å². The Kier molecular flexibility index (Phi) is 7.44. The van der Waals surface area contributed by atoms with Gasteiger partial charge in [0.1, 0.15) is 17.0 Å². The summed E-state index contributed by atoms with van der Waals surface area (Å²) in [4.78, 5) is 10.7. The Balaban J connectivity index is 1.08. The molecule has 4 nitrogen and oxygen atoms in total. The third kappa shape index (κ3) is 5.31. The first-order valence-corrected chi connectivity index (χ1v) is 21.4. The molecule has 284 valence electrons. The van der Waals surface area contributed by atoms with Crippen LogP contribution in [0.15, 0.2) is 205 Å². The molecular formula is C56H33N3OS. The molecule has 0 unspecified atom stereocenters. The summed E-state index contributed by atoms with van der Waals surface area (Å²) in [5, 5.41) is 9.57. The minimum Gasteiger partial charge on any atom is -0.456 e. The van der Waals surface area contributed by atoms with Crippen molar-refractivity contribution in [2.24, 2.45) is 0 Å². The zero-order valence-corrected chi connectivity index (χ0v) is 33.5. The standard InChI is InChI=1S/C56H33N3OS/c1-2-14-35(15-3-1)56-57-47(38-27-29-43-42-19-6-8-25-49(42)60-50(43)32-38)33-52(58-56)59-48-30-28-34-13-4-5-18-39(34)53(48)46-24-11-21-40(54(46)59)36-16-10-17-37(31-36)41-22-12-23-45-44-20-7-9-26-51(44)61-55(41)45/h1-33H. The third-order valence-electron chi connectivity index (χ3n) is 12.2. The average molecular weight is 796 g/mol. The first-order valence-electron chi connectivity index (χ1n) is 20.6. The van der Waals surface area contributed by atoms with Gasteiger partial charge in [0, 0.05) is 64.5 Å². The maximum absolute atomic E-state index is 6.39.